The Bertz CT molecular complexity index is 414. The molecule has 3 heteroatoms. The Morgan fingerprint density at radius 1 is 1.00 bits per heavy atom. The van der Waals surface area contributed by atoms with E-state index in [1.165, 1.54) is 5.56 Å². The second kappa shape index (κ2) is 6.25. The molecule has 0 spiro atoms. The highest BCUT2D eigenvalue weighted by Gasteiger charge is 2.33. The average Bonchev–Trinajstić information content (AvgIpc) is 2.49. The maximum atomic E-state index is 9.72. The number of rotatable bonds is 2. The molecule has 1 heterocycles. The Morgan fingerprint density at radius 2 is 1.70 bits per heavy atom. The van der Waals surface area contributed by atoms with Crippen LogP contribution in [0.4, 0.5) is 0 Å². The minimum absolute atomic E-state index is 0.0612. The molecule has 1 aromatic rings. The van der Waals surface area contributed by atoms with Crippen LogP contribution in [0.2, 0.25) is 0 Å². The molecule has 2 aliphatic rings. The van der Waals surface area contributed by atoms with Crippen molar-refractivity contribution in [1.82, 2.24) is 9.80 Å². The largest absolute Gasteiger partial charge is 0.393 e. The molecular formula is C17H26N2O. The van der Waals surface area contributed by atoms with Gasteiger partial charge in [-0.3, -0.25) is 4.90 Å². The van der Waals surface area contributed by atoms with Crippen molar-refractivity contribution in [3.05, 3.63) is 35.9 Å². The molecule has 1 saturated carbocycles. The molecule has 110 valence electrons. The minimum Gasteiger partial charge on any atom is -0.393 e. The van der Waals surface area contributed by atoms with Crippen molar-refractivity contribution in [2.24, 2.45) is 0 Å². The summed E-state index contributed by atoms with van der Waals surface area (Å²) in [6.45, 7) is 3.42. The fraction of sp³-hybridized carbons (Fsp3) is 0.647. The summed E-state index contributed by atoms with van der Waals surface area (Å²) in [7, 11) is 2.22. The van der Waals surface area contributed by atoms with Gasteiger partial charge in [0.2, 0.25) is 0 Å². The van der Waals surface area contributed by atoms with E-state index in [0.29, 0.717) is 12.1 Å². The quantitative estimate of drug-likeness (QED) is 0.896. The first-order valence-corrected chi connectivity index (χ1v) is 7.91. The summed E-state index contributed by atoms with van der Waals surface area (Å²) in [6.07, 6.45) is 4.17. The van der Waals surface area contributed by atoms with Gasteiger partial charge in [-0.15, -0.1) is 0 Å². The van der Waals surface area contributed by atoms with Crippen LogP contribution in [0, 0.1) is 0 Å². The fourth-order valence-electron chi connectivity index (χ4n) is 3.73. The van der Waals surface area contributed by atoms with Crippen molar-refractivity contribution < 1.29 is 5.11 Å². The number of nitrogens with zero attached hydrogens (tertiary/aromatic N) is 2. The maximum Gasteiger partial charge on any atom is 0.0541 e. The third kappa shape index (κ3) is 3.05. The van der Waals surface area contributed by atoms with Crippen molar-refractivity contribution in [2.45, 2.75) is 43.9 Å². The third-order valence-corrected chi connectivity index (χ3v) is 4.94. The molecule has 0 radical (unpaired) electrons. The zero-order valence-corrected chi connectivity index (χ0v) is 12.4. The summed E-state index contributed by atoms with van der Waals surface area (Å²) < 4.78 is 0. The Hall–Kier alpha value is -0.900. The van der Waals surface area contributed by atoms with Gasteiger partial charge in [-0.05, 0) is 38.3 Å². The molecule has 0 bridgehead atoms. The highest BCUT2D eigenvalue weighted by atomic mass is 16.3. The molecule has 1 saturated heterocycles. The molecule has 1 aromatic carbocycles. The summed E-state index contributed by atoms with van der Waals surface area (Å²) in [5.74, 6) is 0. The molecule has 3 nitrogen and oxygen atoms in total. The van der Waals surface area contributed by atoms with Gasteiger partial charge < -0.3 is 10.0 Å². The molecule has 1 unspecified atom stereocenters. The summed E-state index contributed by atoms with van der Waals surface area (Å²) in [6, 6.07) is 12.1. The van der Waals surface area contributed by atoms with Crippen LogP contribution in [-0.4, -0.2) is 53.7 Å². The van der Waals surface area contributed by atoms with Crippen LogP contribution in [0.5, 0.6) is 0 Å². The van der Waals surface area contributed by atoms with E-state index in [9.17, 15) is 5.11 Å². The van der Waals surface area contributed by atoms with Crippen LogP contribution in [-0.2, 0) is 0 Å². The zero-order valence-electron chi connectivity index (χ0n) is 12.4. The van der Waals surface area contributed by atoms with Crippen LogP contribution in [0.3, 0.4) is 0 Å². The summed E-state index contributed by atoms with van der Waals surface area (Å²) >= 11 is 0. The standard InChI is InChI=1S/C17H26N2O/c1-18-11-12-19(15-7-9-16(20)10-8-15)17(13-18)14-5-3-2-4-6-14/h2-6,15-17,20H,7-13H2,1H3. The summed E-state index contributed by atoms with van der Waals surface area (Å²) in [5, 5.41) is 9.72. The number of aliphatic hydroxyl groups excluding tert-OH is 1. The van der Waals surface area contributed by atoms with E-state index in [-0.39, 0.29) is 6.10 Å². The van der Waals surface area contributed by atoms with Crippen molar-refractivity contribution >= 4 is 0 Å². The lowest BCUT2D eigenvalue weighted by molar-refractivity contribution is 0.0133. The Kier molecular flexibility index (Phi) is 4.39. The van der Waals surface area contributed by atoms with Crippen molar-refractivity contribution in [1.29, 1.82) is 0 Å². The number of piperazine rings is 1. The van der Waals surface area contributed by atoms with E-state index in [1.807, 2.05) is 0 Å². The van der Waals surface area contributed by atoms with Gasteiger partial charge in [-0.1, -0.05) is 30.3 Å². The van der Waals surface area contributed by atoms with Gasteiger partial charge in [-0.25, -0.2) is 0 Å². The number of benzene rings is 1. The second-order valence-electron chi connectivity index (χ2n) is 6.39. The van der Waals surface area contributed by atoms with Gasteiger partial charge in [-0.2, -0.15) is 0 Å². The maximum absolute atomic E-state index is 9.72. The average molecular weight is 274 g/mol. The van der Waals surface area contributed by atoms with E-state index in [0.717, 1.165) is 45.3 Å². The number of likely N-dealkylation sites (N-methyl/N-ethyl adjacent to an activating group) is 1. The molecule has 3 rings (SSSR count). The van der Waals surface area contributed by atoms with Crippen molar-refractivity contribution in [2.75, 3.05) is 26.7 Å². The van der Waals surface area contributed by atoms with E-state index in [4.69, 9.17) is 0 Å². The summed E-state index contributed by atoms with van der Waals surface area (Å²) in [5.41, 5.74) is 1.44. The lowest BCUT2D eigenvalue weighted by atomic mass is 9.89. The Balaban J connectivity index is 1.76. The molecule has 20 heavy (non-hydrogen) atoms. The highest BCUT2D eigenvalue weighted by Crippen LogP contribution is 2.32. The van der Waals surface area contributed by atoms with E-state index >= 15 is 0 Å². The van der Waals surface area contributed by atoms with Crippen LogP contribution < -0.4 is 0 Å². The van der Waals surface area contributed by atoms with Gasteiger partial charge in [0.25, 0.3) is 0 Å². The predicted molar refractivity (Wildman–Crippen MR) is 81.6 cm³/mol. The molecule has 2 fully saturated rings. The molecular weight excluding hydrogens is 248 g/mol. The Morgan fingerprint density at radius 3 is 2.40 bits per heavy atom. The lowest BCUT2D eigenvalue weighted by Gasteiger charge is -2.46. The second-order valence-corrected chi connectivity index (χ2v) is 6.39. The van der Waals surface area contributed by atoms with E-state index in [2.05, 4.69) is 47.2 Å². The fourth-order valence-corrected chi connectivity index (χ4v) is 3.73. The smallest absolute Gasteiger partial charge is 0.0541 e. The number of hydrogen-bond acceptors (Lipinski definition) is 3. The van der Waals surface area contributed by atoms with Gasteiger partial charge >= 0.3 is 0 Å². The van der Waals surface area contributed by atoms with E-state index < -0.39 is 0 Å². The van der Waals surface area contributed by atoms with E-state index in [1.54, 1.807) is 0 Å². The van der Waals surface area contributed by atoms with Gasteiger partial charge in [0.15, 0.2) is 0 Å². The van der Waals surface area contributed by atoms with Crippen LogP contribution in [0.15, 0.2) is 30.3 Å². The number of aliphatic hydroxyl groups is 1. The normalized spacial score (nSPS) is 33.2. The van der Waals surface area contributed by atoms with Crippen LogP contribution >= 0.6 is 0 Å². The molecule has 1 aliphatic heterocycles. The van der Waals surface area contributed by atoms with Crippen LogP contribution in [0.25, 0.3) is 0 Å². The third-order valence-electron chi connectivity index (χ3n) is 4.94. The first-order valence-electron chi connectivity index (χ1n) is 7.91. The summed E-state index contributed by atoms with van der Waals surface area (Å²) in [4.78, 5) is 5.13. The number of hydrogen-bond donors (Lipinski definition) is 1. The van der Waals surface area contributed by atoms with Crippen molar-refractivity contribution in [3.63, 3.8) is 0 Å². The zero-order chi connectivity index (χ0) is 13.9. The molecule has 1 N–H and O–H groups in total. The molecule has 0 amide bonds. The first-order chi connectivity index (χ1) is 9.74. The predicted octanol–water partition coefficient (Wildman–Crippen LogP) is 2.28. The van der Waals surface area contributed by atoms with Crippen LogP contribution in [0.1, 0.15) is 37.3 Å². The highest BCUT2D eigenvalue weighted by molar-refractivity contribution is 5.20. The minimum atomic E-state index is -0.0612. The van der Waals surface area contributed by atoms with Gasteiger partial charge in [0, 0.05) is 31.7 Å². The first kappa shape index (κ1) is 14.1. The monoisotopic (exact) mass is 274 g/mol. The van der Waals surface area contributed by atoms with Gasteiger partial charge in [0.1, 0.15) is 0 Å². The Labute approximate surface area is 122 Å². The SMILES string of the molecule is CN1CCN(C2CCC(O)CC2)C(c2ccccc2)C1. The van der Waals surface area contributed by atoms with Gasteiger partial charge in [0.05, 0.1) is 6.10 Å². The van der Waals surface area contributed by atoms with Crippen molar-refractivity contribution in [3.8, 4) is 0 Å². The topological polar surface area (TPSA) is 26.7 Å². The molecule has 1 aliphatic carbocycles. The lowest BCUT2D eigenvalue weighted by Crippen LogP contribution is -2.52. The molecule has 0 aromatic heterocycles. The molecule has 1 atom stereocenters.